The number of aliphatic hydroxyl groups is 1. The minimum Gasteiger partial charge on any atom is -0.460 e. The highest BCUT2D eigenvalue weighted by Gasteiger charge is 2.34. The zero-order valence-corrected chi connectivity index (χ0v) is 13.2. The first-order valence-corrected chi connectivity index (χ1v) is 7.92. The van der Waals surface area contributed by atoms with Crippen molar-refractivity contribution in [2.75, 3.05) is 0 Å². The van der Waals surface area contributed by atoms with E-state index < -0.39 is 12.1 Å². The largest absolute Gasteiger partial charge is 0.460 e. The summed E-state index contributed by atoms with van der Waals surface area (Å²) in [6, 6.07) is 8.97. The molecule has 0 saturated heterocycles. The molecule has 1 unspecified atom stereocenters. The molecule has 1 aromatic carbocycles. The Labute approximate surface area is 127 Å². The molecule has 1 aliphatic rings. The lowest BCUT2D eigenvalue weighted by Crippen LogP contribution is -2.37. The van der Waals surface area contributed by atoms with Gasteiger partial charge in [0.25, 0.3) is 0 Å². The molecule has 0 heterocycles. The van der Waals surface area contributed by atoms with E-state index in [1.54, 1.807) is 12.1 Å². The van der Waals surface area contributed by atoms with Crippen LogP contribution in [0.5, 0.6) is 0 Å². The van der Waals surface area contributed by atoms with Crippen LogP contribution in [0.2, 0.25) is 0 Å². The van der Waals surface area contributed by atoms with Gasteiger partial charge in [0.15, 0.2) is 6.10 Å². The third kappa shape index (κ3) is 4.07. The van der Waals surface area contributed by atoms with E-state index in [0.717, 1.165) is 12.8 Å². The van der Waals surface area contributed by atoms with Crippen LogP contribution in [-0.2, 0) is 9.53 Å². The van der Waals surface area contributed by atoms with Crippen molar-refractivity contribution in [3.8, 4) is 0 Å². The van der Waals surface area contributed by atoms with Gasteiger partial charge < -0.3 is 9.84 Å². The lowest BCUT2D eigenvalue weighted by molar-refractivity contribution is -0.166. The van der Waals surface area contributed by atoms with Gasteiger partial charge in [-0.05, 0) is 36.2 Å². The summed E-state index contributed by atoms with van der Waals surface area (Å²) in [6.45, 7) is 6.55. The Bertz CT molecular complexity index is 455. The molecule has 116 valence electrons. The summed E-state index contributed by atoms with van der Waals surface area (Å²) in [7, 11) is 0. The second kappa shape index (κ2) is 7.08. The lowest BCUT2D eigenvalue weighted by atomic mass is 9.75. The summed E-state index contributed by atoms with van der Waals surface area (Å²) in [5.74, 6) is 0.940. The Hall–Kier alpha value is -1.35. The standard InChI is InChI=1S/C18H26O3/c1-12(2)15-10-9-13(3)11-16(15)21-18(20)17(19)14-7-5-4-6-8-14/h4-8,12-13,15-17,19H,9-11H2,1-3H3/t13-,15+,16-,17?/m1/s1. The Balaban J connectivity index is 2.02. The molecular weight excluding hydrogens is 264 g/mol. The molecule has 0 bridgehead atoms. The molecular formula is C18H26O3. The minimum atomic E-state index is -1.18. The normalized spacial score (nSPS) is 27.4. The summed E-state index contributed by atoms with van der Waals surface area (Å²) in [5, 5.41) is 10.1. The third-order valence-corrected chi connectivity index (χ3v) is 4.57. The first-order chi connectivity index (χ1) is 9.99. The third-order valence-electron chi connectivity index (χ3n) is 4.57. The summed E-state index contributed by atoms with van der Waals surface area (Å²) in [4.78, 5) is 12.2. The number of hydrogen-bond donors (Lipinski definition) is 1. The van der Waals surface area contributed by atoms with Crippen molar-refractivity contribution in [3.05, 3.63) is 35.9 Å². The van der Waals surface area contributed by atoms with Crippen molar-refractivity contribution in [2.45, 2.75) is 52.2 Å². The van der Waals surface area contributed by atoms with Crippen LogP contribution in [0.3, 0.4) is 0 Å². The maximum absolute atomic E-state index is 12.2. The molecule has 2 rings (SSSR count). The molecule has 1 N–H and O–H groups in total. The first-order valence-electron chi connectivity index (χ1n) is 7.92. The van der Waals surface area contributed by atoms with E-state index in [1.165, 1.54) is 6.42 Å². The van der Waals surface area contributed by atoms with Gasteiger partial charge in [0.05, 0.1) is 0 Å². The van der Waals surface area contributed by atoms with Gasteiger partial charge in [-0.25, -0.2) is 4.79 Å². The second-order valence-corrected chi connectivity index (χ2v) is 6.61. The predicted molar refractivity (Wildman–Crippen MR) is 82.6 cm³/mol. The van der Waals surface area contributed by atoms with E-state index in [-0.39, 0.29) is 6.10 Å². The zero-order chi connectivity index (χ0) is 15.4. The van der Waals surface area contributed by atoms with Crippen LogP contribution in [0.15, 0.2) is 30.3 Å². The van der Waals surface area contributed by atoms with E-state index in [2.05, 4.69) is 20.8 Å². The molecule has 0 amide bonds. The van der Waals surface area contributed by atoms with E-state index in [9.17, 15) is 9.90 Å². The van der Waals surface area contributed by atoms with Gasteiger partial charge in [0.1, 0.15) is 6.10 Å². The van der Waals surface area contributed by atoms with Crippen molar-refractivity contribution in [1.29, 1.82) is 0 Å². The highest BCUT2D eigenvalue weighted by atomic mass is 16.6. The van der Waals surface area contributed by atoms with Crippen molar-refractivity contribution >= 4 is 5.97 Å². The van der Waals surface area contributed by atoms with Crippen LogP contribution in [0.4, 0.5) is 0 Å². The zero-order valence-electron chi connectivity index (χ0n) is 13.2. The van der Waals surface area contributed by atoms with Crippen LogP contribution in [0.25, 0.3) is 0 Å². The molecule has 4 atom stereocenters. The predicted octanol–water partition coefficient (Wildman–Crippen LogP) is 3.72. The molecule has 3 heteroatoms. The van der Waals surface area contributed by atoms with Crippen LogP contribution >= 0.6 is 0 Å². The van der Waals surface area contributed by atoms with Gasteiger partial charge in [0, 0.05) is 0 Å². The van der Waals surface area contributed by atoms with Crippen molar-refractivity contribution in [2.24, 2.45) is 17.8 Å². The summed E-state index contributed by atoms with van der Waals surface area (Å²) in [6.07, 6.45) is 1.93. The molecule has 3 nitrogen and oxygen atoms in total. The topological polar surface area (TPSA) is 46.5 Å². The van der Waals surface area contributed by atoms with Crippen LogP contribution in [0.1, 0.15) is 51.7 Å². The molecule has 1 saturated carbocycles. The van der Waals surface area contributed by atoms with Crippen LogP contribution in [0, 0.1) is 17.8 Å². The van der Waals surface area contributed by atoms with E-state index in [4.69, 9.17) is 4.74 Å². The number of carbonyl (C=O) groups excluding carboxylic acids is 1. The van der Waals surface area contributed by atoms with Crippen molar-refractivity contribution in [3.63, 3.8) is 0 Å². The van der Waals surface area contributed by atoms with E-state index >= 15 is 0 Å². The van der Waals surface area contributed by atoms with Gasteiger partial charge in [-0.15, -0.1) is 0 Å². The summed E-state index contributed by atoms with van der Waals surface area (Å²) in [5.41, 5.74) is 0.590. The Morgan fingerprint density at radius 3 is 2.52 bits per heavy atom. The van der Waals surface area contributed by atoms with Gasteiger partial charge in [0.2, 0.25) is 0 Å². The average Bonchev–Trinajstić information content (AvgIpc) is 2.47. The fraction of sp³-hybridized carbons (Fsp3) is 0.611. The number of esters is 1. The van der Waals surface area contributed by atoms with E-state index in [1.807, 2.05) is 18.2 Å². The number of rotatable bonds is 4. The quantitative estimate of drug-likeness (QED) is 0.860. The molecule has 21 heavy (non-hydrogen) atoms. The molecule has 0 aromatic heterocycles. The number of benzene rings is 1. The maximum Gasteiger partial charge on any atom is 0.339 e. The fourth-order valence-electron chi connectivity index (χ4n) is 3.24. The average molecular weight is 290 g/mol. The molecule has 1 aromatic rings. The van der Waals surface area contributed by atoms with Crippen molar-refractivity contribution in [1.82, 2.24) is 0 Å². The SMILES string of the molecule is CC(C)[C@@H]1CC[C@@H](C)C[C@H]1OC(=O)C(O)c1ccccc1. The number of aliphatic hydroxyl groups excluding tert-OH is 1. The molecule has 0 spiro atoms. The van der Waals surface area contributed by atoms with Gasteiger partial charge in [-0.3, -0.25) is 0 Å². The number of ether oxygens (including phenoxy) is 1. The molecule has 0 radical (unpaired) electrons. The monoisotopic (exact) mass is 290 g/mol. The van der Waals surface area contributed by atoms with Gasteiger partial charge in [-0.2, -0.15) is 0 Å². The first kappa shape index (κ1) is 16.0. The van der Waals surface area contributed by atoms with Crippen molar-refractivity contribution < 1.29 is 14.6 Å². The summed E-state index contributed by atoms with van der Waals surface area (Å²) < 4.78 is 5.66. The lowest BCUT2D eigenvalue weighted by Gasteiger charge is -2.37. The highest BCUT2D eigenvalue weighted by molar-refractivity contribution is 5.76. The van der Waals surface area contributed by atoms with Crippen LogP contribution in [-0.4, -0.2) is 17.2 Å². The second-order valence-electron chi connectivity index (χ2n) is 6.61. The fourth-order valence-corrected chi connectivity index (χ4v) is 3.24. The molecule has 1 fully saturated rings. The smallest absolute Gasteiger partial charge is 0.339 e. The maximum atomic E-state index is 12.2. The minimum absolute atomic E-state index is 0.0698. The Kier molecular flexibility index (Phi) is 5.40. The number of hydrogen-bond acceptors (Lipinski definition) is 3. The molecule has 0 aliphatic heterocycles. The Morgan fingerprint density at radius 1 is 1.24 bits per heavy atom. The number of carbonyl (C=O) groups is 1. The van der Waals surface area contributed by atoms with Crippen LogP contribution < -0.4 is 0 Å². The van der Waals surface area contributed by atoms with Gasteiger partial charge in [-0.1, -0.05) is 57.5 Å². The van der Waals surface area contributed by atoms with Gasteiger partial charge >= 0.3 is 5.97 Å². The highest BCUT2D eigenvalue weighted by Crippen LogP contribution is 2.36. The Morgan fingerprint density at radius 2 is 1.90 bits per heavy atom. The molecule has 1 aliphatic carbocycles. The summed E-state index contributed by atoms with van der Waals surface area (Å²) >= 11 is 0. The van der Waals surface area contributed by atoms with E-state index in [0.29, 0.717) is 23.3 Å².